The molecule has 0 amide bonds. The van der Waals surface area contributed by atoms with E-state index in [-0.39, 0.29) is 11.6 Å². The van der Waals surface area contributed by atoms with Gasteiger partial charge in [0.2, 0.25) is 0 Å². The highest BCUT2D eigenvalue weighted by atomic mass is 32.2. The lowest BCUT2D eigenvalue weighted by Crippen LogP contribution is -2.42. The van der Waals surface area contributed by atoms with Gasteiger partial charge in [-0.1, -0.05) is 48.9 Å². The van der Waals surface area contributed by atoms with Gasteiger partial charge in [0.15, 0.2) is 9.84 Å². The van der Waals surface area contributed by atoms with Crippen LogP contribution in [0.1, 0.15) is 31.2 Å². The van der Waals surface area contributed by atoms with E-state index in [2.05, 4.69) is 0 Å². The summed E-state index contributed by atoms with van der Waals surface area (Å²) in [5.41, 5.74) is 1.52. The van der Waals surface area contributed by atoms with Crippen molar-refractivity contribution < 1.29 is 22.7 Å². The molecule has 0 saturated carbocycles. The second-order valence-electron chi connectivity index (χ2n) is 6.40. The van der Waals surface area contributed by atoms with Crippen molar-refractivity contribution in [2.75, 3.05) is 5.75 Å². The summed E-state index contributed by atoms with van der Waals surface area (Å²) in [7, 11) is -3.57. The predicted molar refractivity (Wildman–Crippen MR) is 93.4 cm³/mol. The number of rotatable bonds is 4. The van der Waals surface area contributed by atoms with E-state index in [0.29, 0.717) is 36.0 Å². The molecule has 6 heteroatoms. The summed E-state index contributed by atoms with van der Waals surface area (Å²) in [6, 6.07) is 12.9. The van der Waals surface area contributed by atoms with Crippen LogP contribution in [-0.2, 0) is 19.4 Å². The molecule has 1 saturated heterocycles. The smallest absolute Gasteiger partial charge is 0.305 e. The maximum absolute atomic E-state index is 13.9. The average molecular weight is 362 g/mol. The summed E-state index contributed by atoms with van der Waals surface area (Å²) in [5, 5.41) is 9.28. The molecule has 2 aromatic carbocycles. The zero-order valence-electron chi connectivity index (χ0n) is 13.6. The molecule has 25 heavy (non-hydrogen) atoms. The van der Waals surface area contributed by atoms with E-state index in [1.54, 1.807) is 42.5 Å². The van der Waals surface area contributed by atoms with Gasteiger partial charge in [-0.05, 0) is 30.0 Å². The van der Waals surface area contributed by atoms with Crippen molar-refractivity contribution in [3.63, 3.8) is 0 Å². The molecule has 4 nitrogen and oxygen atoms in total. The molecule has 1 N–H and O–H groups in total. The largest absolute Gasteiger partial charge is 0.481 e. The summed E-state index contributed by atoms with van der Waals surface area (Å²) < 4.78 is 38.0. The van der Waals surface area contributed by atoms with Crippen molar-refractivity contribution in [2.24, 2.45) is 0 Å². The van der Waals surface area contributed by atoms with Gasteiger partial charge in [-0.25, -0.2) is 12.8 Å². The number of hydrogen-bond acceptors (Lipinski definition) is 3. The molecule has 0 aromatic heterocycles. The van der Waals surface area contributed by atoms with Gasteiger partial charge < -0.3 is 5.11 Å². The van der Waals surface area contributed by atoms with Crippen molar-refractivity contribution in [2.45, 2.75) is 30.4 Å². The van der Waals surface area contributed by atoms with Gasteiger partial charge in [0.05, 0.1) is 12.2 Å². The number of halogens is 1. The Morgan fingerprint density at radius 1 is 1.08 bits per heavy atom. The summed E-state index contributed by atoms with van der Waals surface area (Å²) in [6.07, 6.45) is 1.06. The maximum atomic E-state index is 13.9. The highest BCUT2D eigenvalue weighted by Gasteiger charge is 2.48. The molecule has 1 heterocycles. The molecule has 1 atom stereocenters. The number of carboxylic acids is 1. The molecule has 1 aliphatic heterocycles. The molecule has 132 valence electrons. The topological polar surface area (TPSA) is 71.4 Å². The Kier molecular flexibility index (Phi) is 4.64. The molecule has 1 unspecified atom stereocenters. The first-order chi connectivity index (χ1) is 11.9. The molecule has 0 bridgehead atoms. The van der Waals surface area contributed by atoms with Gasteiger partial charge in [0, 0.05) is 5.56 Å². The summed E-state index contributed by atoms with van der Waals surface area (Å²) in [6.45, 7) is 0. The van der Waals surface area contributed by atoms with Crippen LogP contribution in [0.3, 0.4) is 0 Å². The third-order valence-corrected chi connectivity index (χ3v) is 7.47. The van der Waals surface area contributed by atoms with E-state index >= 15 is 0 Å². The summed E-state index contributed by atoms with van der Waals surface area (Å²) >= 11 is 0. The second-order valence-corrected chi connectivity index (χ2v) is 8.82. The highest BCUT2D eigenvalue weighted by Crippen LogP contribution is 2.43. The SMILES string of the molecule is O=C(O)CC1(c2ccc(-c3ccccc3F)cc2)CCCCS1(=O)=O. The molecule has 1 aliphatic rings. The van der Waals surface area contributed by atoms with E-state index < -0.39 is 27.0 Å². The van der Waals surface area contributed by atoms with Crippen LogP contribution in [0.4, 0.5) is 4.39 Å². The third kappa shape index (κ3) is 3.18. The van der Waals surface area contributed by atoms with E-state index in [1.807, 2.05) is 0 Å². The zero-order chi connectivity index (χ0) is 18.1. The highest BCUT2D eigenvalue weighted by molar-refractivity contribution is 7.92. The van der Waals surface area contributed by atoms with E-state index in [4.69, 9.17) is 0 Å². The minimum atomic E-state index is -3.57. The zero-order valence-corrected chi connectivity index (χ0v) is 14.4. The Balaban J connectivity index is 2.06. The molecule has 1 fully saturated rings. The van der Waals surface area contributed by atoms with Gasteiger partial charge in [-0.15, -0.1) is 0 Å². The molecule has 0 radical (unpaired) electrons. The molecule has 0 aliphatic carbocycles. The maximum Gasteiger partial charge on any atom is 0.305 e. The number of sulfone groups is 1. The summed E-state index contributed by atoms with van der Waals surface area (Å²) in [5.74, 6) is -1.50. The van der Waals surface area contributed by atoms with Crippen molar-refractivity contribution >= 4 is 15.8 Å². The van der Waals surface area contributed by atoms with Gasteiger partial charge >= 0.3 is 5.97 Å². The number of carbonyl (C=O) groups is 1. The molecule has 3 rings (SSSR count). The third-order valence-electron chi connectivity index (χ3n) is 4.87. The van der Waals surface area contributed by atoms with Crippen LogP contribution in [0.5, 0.6) is 0 Å². The average Bonchev–Trinajstić information content (AvgIpc) is 2.57. The Morgan fingerprint density at radius 2 is 1.76 bits per heavy atom. The Bertz CT molecular complexity index is 890. The fraction of sp³-hybridized carbons (Fsp3) is 0.316. The van der Waals surface area contributed by atoms with Crippen LogP contribution in [0.25, 0.3) is 11.1 Å². The number of aliphatic carboxylic acids is 1. The lowest BCUT2D eigenvalue weighted by molar-refractivity contribution is -0.137. The fourth-order valence-corrected chi connectivity index (χ4v) is 5.84. The fourth-order valence-electron chi connectivity index (χ4n) is 3.57. The van der Waals surface area contributed by atoms with Crippen LogP contribution in [-0.4, -0.2) is 25.2 Å². The Labute approximate surface area is 146 Å². The first-order valence-corrected chi connectivity index (χ1v) is 9.80. The van der Waals surface area contributed by atoms with E-state index in [0.717, 1.165) is 0 Å². The van der Waals surface area contributed by atoms with Gasteiger partial charge in [0.1, 0.15) is 10.6 Å². The van der Waals surface area contributed by atoms with Crippen molar-refractivity contribution in [3.05, 3.63) is 59.9 Å². The minimum Gasteiger partial charge on any atom is -0.481 e. The number of hydrogen-bond donors (Lipinski definition) is 1. The lowest BCUT2D eigenvalue weighted by Gasteiger charge is -2.36. The standard InChI is InChI=1S/C19H19FO4S/c20-17-6-2-1-5-16(17)14-7-9-15(10-8-14)19(13-18(21)22)11-3-4-12-25(19,23)24/h1-2,5-10H,3-4,11-13H2,(H,21,22). The molecular weight excluding hydrogens is 343 g/mol. The Morgan fingerprint density at radius 3 is 2.36 bits per heavy atom. The minimum absolute atomic E-state index is 0.00462. The quantitative estimate of drug-likeness (QED) is 0.899. The second kappa shape index (κ2) is 6.59. The van der Waals surface area contributed by atoms with Gasteiger partial charge in [0.25, 0.3) is 0 Å². The van der Waals surface area contributed by atoms with Crippen molar-refractivity contribution in [1.29, 1.82) is 0 Å². The van der Waals surface area contributed by atoms with Gasteiger partial charge in [-0.3, -0.25) is 4.79 Å². The first-order valence-electron chi connectivity index (χ1n) is 8.15. The first kappa shape index (κ1) is 17.6. The van der Waals surface area contributed by atoms with Crippen LogP contribution in [0.15, 0.2) is 48.5 Å². The lowest BCUT2D eigenvalue weighted by atomic mass is 9.88. The van der Waals surface area contributed by atoms with Crippen molar-refractivity contribution in [3.8, 4) is 11.1 Å². The van der Waals surface area contributed by atoms with Crippen molar-refractivity contribution in [1.82, 2.24) is 0 Å². The van der Waals surface area contributed by atoms with Crippen LogP contribution < -0.4 is 0 Å². The number of benzene rings is 2. The van der Waals surface area contributed by atoms with Gasteiger partial charge in [-0.2, -0.15) is 0 Å². The van der Waals surface area contributed by atoms with Crippen LogP contribution in [0, 0.1) is 5.82 Å². The Hall–Kier alpha value is -2.21. The monoisotopic (exact) mass is 362 g/mol. The van der Waals surface area contributed by atoms with Crippen LogP contribution in [0.2, 0.25) is 0 Å². The normalized spacial score (nSPS) is 22.4. The molecular formula is C19H19FO4S. The molecule has 2 aromatic rings. The number of carboxylic acid groups (broad SMARTS) is 1. The predicted octanol–water partition coefficient (Wildman–Crippen LogP) is 3.76. The summed E-state index contributed by atoms with van der Waals surface area (Å²) in [4.78, 5) is 11.4. The van der Waals surface area contributed by atoms with E-state index in [9.17, 15) is 22.7 Å². The van der Waals surface area contributed by atoms with E-state index in [1.165, 1.54) is 6.07 Å². The van der Waals surface area contributed by atoms with Crippen LogP contribution >= 0.6 is 0 Å². The molecule has 0 spiro atoms.